The van der Waals surface area contributed by atoms with Crippen molar-refractivity contribution in [2.45, 2.75) is 52.7 Å². The molecule has 3 rings (SSSR count). The zero-order valence-corrected chi connectivity index (χ0v) is 20.9. The second kappa shape index (κ2) is 10.6. The first kappa shape index (κ1) is 25.2. The van der Waals surface area contributed by atoms with Crippen LogP contribution in [0, 0.1) is 5.92 Å². The molecule has 34 heavy (non-hydrogen) atoms. The number of alkyl carbamates (subject to hydrolysis) is 1. The molecule has 0 bridgehead atoms. The molecule has 0 saturated carbocycles. The van der Waals surface area contributed by atoms with Crippen molar-refractivity contribution in [3.05, 3.63) is 30.2 Å². The van der Waals surface area contributed by atoms with Gasteiger partial charge in [-0.1, -0.05) is 25.2 Å². The molecule has 2 N–H and O–H groups in total. The van der Waals surface area contributed by atoms with Gasteiger partial charge in [-0.15, -0.1) is 10.2 Å². The second-order valence-electron chi connectivity index (χ2n) is 9.03. The number of benzene rings is 1. The first-order valence-electron chi connectivity index (χ1n) is 10.7. The fraction of sp³-hybridized carbons (Fsp3) is 0.435. The number of amides is 2. The van der Waals surface area contributed by atoms with E-state index >= 15 is 0 Å². The number of carbonyl (C=O) groups is 2. The monoisotopic (exact) mass is 487 g/mol. The molecule has 3 aromatic rings. The summed E-state index contributed by atoms with van der Waals surface area (Å²) in [5.41, 5.74) is 2.65. The van der Waals surface area contributed by atoms with E-state index in [-0.39, 0.29) is 11.8 Å². The molecule has 2 aromatic heterocycles. The molecule has 182 valence electrons. The number of hydrogen-bond acceptors (Lipinski definition) is 9. The van der Waals surface area contributed by atoms with Crippen LogP contribution in [-0.4, -0.2) is 45.9 Å². The standard InChI is InChI=1S/C23H29N5O5S/c1-13(2)7-17(27-22(30)33-23(3,4)5)20(29)26-16-9-18(31-6)15(19-10-24-11-32-19)8-14(16)21-28-25-12-34-21/h8-13,17H,7H2,1-6H3,(H,26,29)(H,27,30)/t17-/m1/s1. The molecule has 1 atom stereocenters. The number of oxazole rings is 1. The number of anilines is 1. The van der Waals surface area contributed by atoms with E-state index in [4.69, 9.17) is 13.9 Å². The fourth-order valence-corrected chi connectivity index (χ4v) is 3.82. The van der Waals surface area contributed by atoms with E-state index in [2.05, 4.69) is 25.8 Å². The van der Waals surface area contributed by atoms with Crippen molar-refractivity contribution in [3.8, 4) is 27.6 Å². The molecule has 0 aliphatic rings. The zero-order valence-electron chi connectivity index (χ0n) is 20.0. The maximum absolute atomic E-state index is 13.3. The van der Waals surface area contributed by atoms with Gasteiger partial charge in [0.25, 0.3) is 0 Å². The van der Waals surface area contributed by atoms with Gasteiger partial charge >= 0.3 is 6.09 Å². The maximum Gasteiger partial charge on any atom is 0.408 e. The number of nitrogens with one attached hydrogen (secondary N) is 2. The van der Waals surface area contributed by atoms with Gasteiger partial charge in [0.1, 0.15) is 27.9 Å². The van der Waals surface area contributed by atoms with Crippen LogP contribution in [0.1, 0.15) is 41.0 Å². The van der Waals surface area contributed by atoms with Crippen molar-refractivity contribution in [2.75, 3.05) is 12.4 Å². The van der Waals surface area contributed by atoms with Crippen LogP contribution in [0.25, 0.3) is 21.9 Å². The maximum atomic E-state index is 13.3. The van der Waals surface area contributed by atoms with E-state index in [1.165, 1.54) is 24.8 Å². The van der Waals surface area contributed by atoms with Crippen LogP contribution in [0.4, 0.5) is 10.5 Å². The van der Waals surface area contributed by atoms with Crippen LogP contribution < -0.4 is 15.4 Å². The lowest BCUT2D eigenvalue weighted by atomic mass is 10.0. The third-order valence-electron chi connectivity index (χ3n) is 4.60. The van der Waals surface area contributed by atoms with E-state index < -0.39 is 17.7 Å². The van der Waals surface area contributed by atoms with E-state index in [0.717, 1.165) is 0 Å². The molecule has 2 heterocycles. The molecule has 0 fully saturated rings. The Balaban J connectivity index is 1.95. The molecule has 0 aliphatic heterocycles. The summed E-state index contributed by atoms with van der Waals surface area (Å²) in [6.07, 6.45) is 2.67. The Bertz CT molecular complexity index is 1110. The molecular weight excluding hydrogens is 458 g/mol. The third kappa shape index (κ3) is 6.53. The first-order valence-corrected chi connectivity index (χ1v) is 11.6. The summed E-state index contributed by atoms with van der Waals surface area (Å²) in [6.45, 7) is 9.24. The van der Waals surface area contributed by atoms with Gasteiger partial charge in [-0.3, -0.25) is 4.79 Å². The highest BCUT2D eigenvalue weighted by molar-refractivity contribution is 7.12. The molecule has 11 heteroatoms. The number of hydrogen-bond donors (Lipinski definition) is 2. The summed E-state index contributed by atoms with van der Waals surface area (Å²) < 4.78 is 16.3. The molecule has 10 nitrogen and oxygen atoms in total. The molecule has 1 aromatic carbocycles. The zero-order chi connectivity index (χ0) is 24.9. The van der Waals surface area contributed by atoms with Crippen molar-refractivity contribution >= 4 is 29.0 Å². The number of rotatable bonds is 8. The van der Waals surface area contributed by atoms with Gasteiger partial charge in [0.15, 0.2) is 12.2 Å². The minimum Gasteiger partial charge on any atom is -0.496 e. The third-order valence-corrected chi connectivity index (χ3v) is 5.32. The highest BCUT2D eigenvalue weighted by Gasteiger charge is 2.27. The van der Waals surface area contributed by atoms with Gasteiger partial charge in [0.05, 0.1) is 24.6 Å². The van der Waals surface area contributed by atoms with Gasteiger partial charge in [-0.05, 0) is 39.2 Å². The minimum absolute atomic E-state index is 0.150. The SMILES string of the molecule is COc1cc(NC(=O)[C@@H](CC(C)C)NC(=O)OC(C)(C)C)c(-c2nncs2)cc1-c1cnco1. The Kier molecular flexibility index (Phi) is 7.87. The lowest BCUT2D eigenvalue weighted by Gasteiger charge is -2.24. The lowest BCUT2D eigenvalue weighted by Crippen LogP contribution is -2.46. The van der Waals surface area contributed by atoms with Crippen molar-refractivity contribution in [2.24, 2.45) is 5.92 Å². The predicted molar refractivity (Wildman–Crippen MR) is 129 cm³/mol. The molecule has 0 radical (unpaired) electrons. The van der Waals surface area contributed by atoms with Gasteiger partial charge in [-0.25, -0.2) is 9.78 Å². The van der Waals surface area contributed by atoms with Crippen LogP contribution in [0.5, 0.6) is 5.75 Å². The predicted octanol–water partition coefficient (Wildman–Crippen LogP) is 4.75. The quantitative estimate of drug-likeness (QED) is 0.466. The summed E-state index contributed by atoms with van der Waals surface area (Å²) in [5, 5.41) is 14.3. The smallest absolute Gasteiger partial charge is 0.408 e. The Morgan fingerprint density at radius 2 is 1.97 bits per heavy atom. The Hall–Kier alpha value is -3.47. The minimum atomic E-state index is -0.808. The first-order chi connectivity index (χ1) is 16.1. The van der Waals surface area contributed by atoms with Gasteiger partial charge in [0.2, 0.25) is 5.91 Å². The van der Waals surface area contributed by atoms with Crippen molar-refractivity contribution in [1.82, 2.24) is 20.5 Å². The van der Waals surface area contributed by atoms with Crippen molar-refractivity contribution < 1.29 is 23.5 Å². The van der Waals surface area contributed by atoms with Gasteiger partial charge in [0, 0.05) is 11.6 Å². The van der Waals surface area contributed by atoms with Gasteiger partial charge < -0.3 is 24.5 Å². The number of aromatic nitrogens is 3. The molecule has 2 amide bonds. The summed E-state index contributed by atoms with van der Waals surface area (Å²) in [4.78, 5) is 29.6. The molecule has 0 unspecified atom stereocenters. The summed E-state index contributed by atoms with van der Waals surface area (Å²) in [7, 11) is 1.52. The van der Waals surface area contributed by atoms with E-state index in [9.17, 15) is 9.59 Å². The summed E-state index contributed by atoms with van der Waals surface area (Å²) in [5.74, 6) is 0.738. The van der Waals surface area contributed by atoms with E-state index in [1.807, 2.05) is 13.8 Å². The lowest BCUT2D eigenvalue weighted by molar-refractivity contribution is -0.118. The van der Waals surface area contributed by atoms with E-state index in [0.29, 0.717) is 39.8 Å². The highest BCUT2D eigenvalue weighted by atomic mass is 32.1. The van der Waals surface area contributed by atoms with Crippen LogP contribution in [-0.2, 0) is 9.53 Å². The highest BCUT2D eigenvalue weighted by Crippen LogP contribution is 2.40. The van der Waals surface area contributed by atoms with E-state index in [1.54, 1.807) is 44.6 Å². The molecule has 0 saturated heterocycles. The number of methoxy groups -OCH3 is 1. The van der Waals surface area contributed by atoms with Crippen molar-refractivity contribution in [3.63, 3.8) is 0 Å². The largest absolute Gasteiger partial charge is 0.496 e. The van der Waals surface area contributed by atoms with Crippen LogP contribution in [0.15, 0.2) is 34.7 Å². The topological polar surface area (TPSA) is 128 Å². The van der Waals surface area contributed by atoms with Crippen molar-refractivity contribution in [1.29, 1.82) is 0 Å². The molecule has 0 aliphatic carbocycles. The normalized spacial score (nSPS) is 12.3. The van der Waals surface area contributed by atoms with Gasteiger partial charge in [-0.2, -0.15) is 0 Å². The Morgan fingerprint density at radius 1 is 1.21 bits per heavy atom. The number of ether oxygens (including phenoxy) is 2. The molecular formula is C23H29N5O5S. The van der Waals surface area contributed by atoms with Crippen LogP contribution in [0.2, 0.25) is 0 Å². The Labute approximate surface area is 202 Å². The Morgan fingerprint density at radius 3 is 2.53 bits per heavy atom. The summed E-state index contributed by atoms with van der Waals surface area (Å²) in [6, 6.07) is 2.68. The molecule has 0 spiro atoms. The average molecular weight is 488 g/mol. The average Bonchev–Trinajstić information content (AvgIpc) is 3.45. The number of nitrogens with zero attached hydrogens (tertiary/aromatic N) is 3. The van der Waals surface area contributed by atoms with Crippen LogP contribution >= 0.6 is 11.3 Å². The van der Waals surface area contributed by atoms with Crippen LogP contribution in [0.3, 0.4) is 0 Å². The summed E-state index contributed by atoms with van der Waals surface area (Å²) >= 11 is 1.32. The second-order valence-corrected chi connectivity index (χ2v) is 9.86. The number of carbonyl (C=O) groups excluding carboxylic acids is 2. The fourth-order valence-electron chi connectivity index (χ4n) is 3.23.